The van der Waals surface area contributed by atoms with E-state index < -0.39 is 0 Å². The van der Waals surface area contributed by atoms with E-state index in [0.717, 1.165) is 22.6 Å². The molecule has 0 saturated carbocycles. The molecule has 1 saturated heterocycles. The molecule has 6 heteroatoms. The van der Waals surface area contributed by atoms with Gasteiger partial charge in [-0.3, -0.25) is 0 Å². The lowest BCUT2D eigenvalue weighted by molar-refractivity contribution is 0.220. The Bertz CT molecular complexity index is 588. The van der Waals surface area contributed by atoms with Crippen LogP contribution in [0.3, 0.4) is 0 Å². The zero-order valence-corrected chi connectivity index (χ0v) is 12.9. The molecule has 20 heavy (non-hydrogen) atoms. The summed E-state index contributed by atoms with van der Waals surface area (Å²) < 4.78 is 0. The molecule has 0 aromatic carbocycles. The minimum absolute atomic E-state index is 0.368. The summed E-state index contributed by atoms with van der Waals surface area (Å²) in [4.78, 5) is 14.5. The number of aromatic nitrogens is 2. The maximum absolute atomic E-state index is 5.84. The van der Waals surface area contributed by atoms with Gasteiger partial charge in [-0.05, 0) is 30.8 Å². The van der Waals surface area contributed by atoms with Crippen LogP contribution in [0.5, 0.6) is 0 Å². The molecule has 0 bridgehead atoms. The fourth-order valence-electron chi connectivity index (χ4n) is 2.92. The lowest BCUT2D eigenvalue weighted by Crippen LogP contribution is -2.43. The summed E-state index contributed by atoms with van der Waals surface area (Å²) in [6.45, 7) is 5.70. The fraction of sp³-hybridized carbons (Fsp3) is 0.571. The van der Waals surface area contributed by atoms with Gasteiger partial charge < -0.3 is 15.5 Å². The summed E-state index contributed by atoms with van der Waals surface area (Å²) in [5.74, 6) is 1.34. The Balaban J connectivity index is 1.85. The summed E-state index contributed by atoms with van der Waals surface area (Å²) in [5, 5.41) is 3.17. The van der Waals surface area contributed by atoms with Gasteiger partial charge in [0.25, 0.3) is 0 Å². The van der Waals surface area contributed by atoms with E-state index in [1.165, 1.54) is 25.9 Å². The summed E-state index contributed by atoms with van der Waals surface area (Å²) in [5.41, 5.74) is 5.84. The van der Waals surface area contributed by atoms with Gasteiger partial charge in [0, 0.05) is 26.2 Å². The second-order valence-corrected chi connectivity index (χ2v) is 6.22. The third-order valence-electron chi connectivity index (χ3n) is 4.21. The largest absolute Gasteiger partial charge is 0.368 e. The van der Waals surface area contributed by atoms with Crippen LogP contribution >= 0.6 is 11.3 Å². The zero-order chi connectivity index (χ0) is 14.1. The van der Waals surface area contributed by atoms with Crippen LogP contribution in [0.4, 0.5) is 11.8 Å². The van der Waals surface area contributed by atoms with Crippen molar-refractivity contribution in [2.75, 3.05) is 37.3 Å². The molecule has 1 aliphatic heterocycles. The van der Waals surface area contributed by atoms with Gasteiger partial charge in [-0.25, -0.2) is 4.98 Å². The summed E-state index contributed by atoms with van der Waals surface area (Å²) >= 11 is 1.62. The predicted octanol–water partition coefficient (Wildman–Crippen LogP) is 2.19. The highest BCUT2D eigenvalue weighted by Gasteiger charge is 2.24. The van der Waals surface area contributed by atoms with E-state index in [1.54, 1.807) is 11.3 Å². The average Bonchev–Trinajstić information content (AvgIpc) is 2.94. The van der Waals surface area contributed by atoms with Crippen molar-refractivity contribution in [3.8, 4) is 0 Å². The van der Waals surface area contributed by atoms with Crippen molar-refractivity contribution in [3.63, 3.8) is 0 Å². The van der Waals surface area contributed by atoms with E-state index in [0.29, 0.717) is 12.0 Å². The molecule has 0 amide bonds. The number of anilines is 2. The van der Waals surface area contributed by atoms with Crippen LogP contribution in [-0.4, -0.2) is 47.6 Å². The van der Waals surface area contributed by atoms with E-state index in [-0.39, 0.29) is 0 Å². The van der Waals surface area contributed by atoms with Crippen molar-refractivity contribution in [3.05, 3.63) is 11.4 Å². The highest BCUT2D eigenvalue weighted by atomic mass is 32.1. The second kappa shape index (κ2) is 5.54. The van der Waals surface area contributed by atoms with Gasteiger partial charge in [-0.2, -0.15) is 4.98 Å². The third-order valence-corrected chi connectivity index (χ3v) is 5.01. The van der Waals surface area contributed by atoms with Gasteiger partial charge in [0.05, 0.1) is 5.39 Å². The Morgan fingerprint density at radius 2 is 2.15 bits per heavy atom. The molecule has 3 heterocycles. The number of fused-ring (bicyclic) bond motifs is 1. The molecular formula is C14H21N5S. The maximum atomic E-state index is 5.84. The summed E-state index contributed by atoms with van der Waals surface area (Å²) in [6, 6.07) is 2.63. The SMILES string of the molecule is CCN1CCC(N(C)c2nc(N)nc3sccc23)CC1. The fourth-order valence-corrected chi connectivity index (χ4v) is 3.69. The van der Waals surface area contributed by atoms with E-state index in [4.69, 9.17) is 5.73 Å². The number of nitrogen functional groups attached to an aromatic ring is 1. The van der Waals surface area contributed by atoms with Crippen LogP contribution in [-0.2, 0) is 0 Å². The first-order valence-electron chi connectivity index (χ1n) is 7.15. The molecule has 108 valence electrons. The number of rotatable bonds is 3. The van der Waals surface area contributed by atoms with Gasteiger partial charge in [0.1, 0.15) is 10.6 Å². The first kappa shape index (κ1) is 13.6. The van der Waals surface area contributed by atoms with Crippen LogP contribution in [0.15, 0.2) is 11.4 Å². The van der Waals surface area contributed by atoms with Crippen molar-refractivity contribution in [2.24, 2.45) is 0 Å². The van der Waals surface area contributed by atoms with E-state index in [1.807, 2.05) is 0 Å². The predicted molar refractivity (Wildman–Crippen MR) is 85.4 cm³/mol. The normalized spacial score (nSPS) is 17.7. The first-order chi connectivity index (χ1) is 9.69. The number of likely N-dealkylation sites (tertiary alicyclic amines) is 1. The highest BCUT2D eigenvalue weighted by molar-refractivity contribution is 7.16. The van der Waals surface area contributed by atoms with Crippen LogP contribution in [0.25, 0.3) is 10.2 Å². The highest BCUT2D eigenvalue weighted by Crippen LogP contribution is 2.30. The molecule has 2 aromatic heterocycles. The quantitative estimate of drug-likeness (QED) is 0.939. The number of piperidine rings is 1. The Kier molecular flexibility index (Phi) is 3.76. The Hall–Kier alpha value is -1.40. The zero-order valence-electron chi connectivity index (χ0n) is 12.0. The third kappa shape index (κ3) is 2.45. The van der Waals surface area contributed by atoms with Crippen LogP contribution in [0, 0.1) is 0 Å². The average molecular weight is 291 g/mol. The van der Waals surface area contributed by atoms with Crippen molar-refractivity contribution in [1.29, 1.82) is 0 Å². The first-order valence-corrected chi connectivity index (χ1v) is 8.03. The van der Waals surface area contributed by atoms with Gasteiger partial charge in [-0.1, -0.05) is 6.92 Å². The van der Waals surface area contributed by atoms with Crippen molar-refractivity contribution < 1.29 is 0 Å². The van der Waals surface area contributed by atoms with Crippen LogP contribution < -0.4 is 10.6 Å². The van der Waals surface area contributed by atoms with Crippen molar-refractivity contribution >= 4 is 33.3 Å². The minimum atomic E-state index is 0.368. The molecule has 0 atom stereocenters. The monoisotopic (exact) mass is 291 g/mol. The van der Waals surface area contributed by atoms with Crippen molar-refractivity contribution in [2.45, 2.75) is 25.8 Å². The van der Waals surface area contributed by atoms with E-state index >= 15 is 0 Å². The number of thiophene rings is 1. The van der Waals surface area contributed by atoms with Gasteiger partial charge >= 0.3 is 0 Å². The van der Waals surface area contributed by atoms with E-state index in [2.05, 4.69) is 45.2 Å². The minimum Gasteiger partial charge on any atom is -0.368 e. The van der Waals surface area contributed by atoms with Crippen LogP contribution in [0.1, 0.15) is 19.8 Å². The Morgan fingerprint density at radius 1 is 1.40 bits per heavy atom. The second-order valence-electron chi connectivity index (χ2n) is 5.32. The standard InChI is InChI=1S/C14H21N5S/c1-3-19-7-4-10(5-8-19)18(2)12-11-6-9-20-13(11)17-14(15)16-12/h6,9-10H,3-5,7-8H2,1-2H3,(H2,15,16,17). The topological polar surface area (TPSA) is 58.3 Å². The Morgan fingerprint density at radius 3 is 2.85 bits per heavy atom. The molecule has 0 aliphatic carbocycles. The summed E-state index contributed by atoms with van der Waals surface area (Å²) in [7, 11) is 2.13. The molecule has 2 N–H and O–H groups in total. The van der Waals surface area contributed by atoms with Gasteiger partial charge in [-0.15, -0.1) is 11.3 Å². The molecule has 1 aliphatic rings. The molecule has 1 fully saturated rings. The smallest absolute Gasteiger partial charge is 0.223 e. The number of hydrogen-bond acceptors (Lipinski definition) is 6. The lowest BCUT2D eigenvalue weighted by atomic mass is 10.0. The molecular weight excluding hydrogens is 270 g/mol. The molecule has 5 nitrogen and oxygen atoms in total. The summed E-state index contributed by atoms with van der Waals surface area (Å²) in [6.07, 6.45) is 2.36. The molecule has 2 aromatic rings. The van der Waals surface area contributed by atoms with Crippen molar-refractivity contribution in [1.82, 2.24) is 14.9 Å². The number of hydrogen-bond donors (Lipinski definition) is 1. The lowest BCUT2D eigenvalue weighted by Gasteiger charge is -2.37. The molecule has 0 unspecified atom stereocenters. The molecule has 0 spiro atoms. The van der Waals surface area contributed by atoms with Gasteiger partial charge in [0.2, 0.25) is 5.95 Å². The number of nitrogens with zero attached hydrogens (tertiary/aromatic N) is 4. The molecule has 3 rings (SSSR count). The van der Waals surface area contributed by atoms with Crippen LogP contribution in [0.2, 0.25) is 0 Å². The van der Waals surface area contributed by atoms with Gasteiger partial charge in [0.15, 0.2) is 0 Å². The maximum Gasteiger partial charge on any atom is 0.223 e. The Labute approximate surface area is 123 Å². The number of nitrogens with two attached hydrogens (primary N) is 1. The van der Waals surface area contributed by atoms with E-state index in [9.17, 15) is 0 Å². The molecule has 0 radical (unpaired) electrons.